The molecule has 5 nitrogen and oxygen atoms in total. The molecule has 1 saturated heterocycles. The molecule has 0 radical (unpaired) electrons. The van der Waals surface area contributed by atoms with Crippen molar-refractivity contribution in [3.05, 3.63) is 29.3 Å². The van der Waals surface area contributed by atoms with Crippen LogP contribution >= 0.6 is 0 Å². The highest BCUT2D eigenvalue weighted by atomic mass is 16.5. The first kappa shape index (κ1) is 16.9. The van der Waals surface area contributed by atoms with Crippen LogP contribution in [0.25, 0.3) is 0 Å². The number of fused-ring (bicyclic) bond motifs is 1. The van der Waals surface area contributed by atoms with Crippen LogP contribution in [-0.2, 0) is 17.8 Å². The molecular formula is C20H29N3O2. The van der Waals surface area contributed by atoms with E-state index in [9.17, 15) is 4.79 Å². The van der Waals surface area contributed by atoms with Crippen molar-refractivity contribution in [3.8, 4) is 5.75 Å². The van der Waals surface area contributed by atoms with Gasteiger partial charge in [-0.15, -0.1) is 0 Å². The van der Waals surface area contributed by atoms with E-state index in [1.165, 1.54) is 24.0 Å². The van der Waals surface area contributed by atoms with Gasteiger partial charge in [0.2, 0.25) is 5.91 Å². The van der Waals surface area contributed by atoms with Crippen LogP contribution < -0.4 is 10.1 Å². The Balaban J connectivity index is 1.21. The fraction of sp³-hybridized carbons (Fsp3) is 0.650. The van der Waals surface area contributed by atoms with Crippen LogP contribution in [0.3, 0.4) is 0 Å². The highest BCUT2D eigenvalue weighted by Gasteiger charge is 2.22. The zero-order valence-electron chi connectivity index (χ0n) is 15.0. The molecule has 2 heterocycles. The van der Waals surface area contributed by atoms with Crippen LogP contribution in [0.5, 0.6) is 5.75 Å². The third-order valence-corrected chi connectivity index (χ3v) is 5.71. The fourth-order valence-corrected chi connectivity index (χ4v) is 4.25. The first-order valence-corrected chi connectivity index (χ1v) is 9.75. The van der Waals surface area contributed by atoms with E-state index in [-0.39, 0.29) is 5.91 Å². The summed E-state index contributed by atoms with van der Waals surface area (Å²) < 4.78 is 5.58. The molecule has 0 atom stereocenters. The minimum atomic E-state index is 0.207. The van der Waals surface area contributed by atoms with Gasteiger partial charge in [0.15, 0.2) is 0 Å². The quantitative estimate of drug-likeness (QED) is 0.885. The standard InChI is InChI=1S/C20H29N3O2/c24-20(21-18-3-1-2-4-18)15-23-10-8-22(9-11-23)14-16-5-6-19-17(13-16)7-12-25-19/h5-6,13,18H,1-4,7-12,14-15H2,(H,21,24). The molecule has 1 aromatic rings. The molecule has 0 spiro atoms. The number of hydrogen-bond donors (Lipinski definition) is 1. The third-order valence-electron chi connectivity index (χ3n) is 5.71. The molecule has 136 valence electrons. The number of amides is 1. The molecule has 2 fully saturated rings. The van der Waals surface area contributed by atoms with Gasteiger partial charge < -0.3 is 10.1 Å². The van der Waals surface area contributed by atoms with E-state index >= 15 is 0 Å². The lowest BCUT2D eigenvalue weighted by Crippen LogP contribution is -2.50. The van der Waals surface area contributed by atoms with Crippen LogP contribution in [0.4, 0.5) is 0 Å². The normalized spacial score (nSPS) is 21.9. The molecule has 25 heavy (non-hydrogen) atoms. The molecule has 4 rings (SSSR count). The van der Waals surface area contributed by atoms with Gasteiger partial charge in [-0.25, -0.2) is 0 Å². The van der Waals surface area contributed by atoms with Crippen molar-refractivity contribution in [2.45, 2.75) is 44.7 Å². The van der Waals surface area contributed by atoms with Crippen LogP contribution in [0.2, 0.25) is 0 Å². The van der Waals surface area contributed by atoms with Crippen molar-refractivity contribution in [1.29, 1.82) is 0 Å². The van der Waals surface area contributed by atoms with Crippen LogP contribution in [0, 0.1) is 0 Å². The minimum Gasteiger partial charge on any atom is -0.493 e. The van der Waals surface area contributed by atoms with E-state index in [4.69, 9.17) is 4.74 Å². The van der Waals surface area contributed by atoms with Crippen molar-refractivity contribution in [2.24, 2.45) is 0 Å². The van der Waals surface area contributed by atoms with Gasteiger partial charge in [0.05, 0.1) is 13.2 Å². The summed E-state index contributed by atoms with van der Waals surface area (Å²) in [5.74, 6) is 1.26. The Morgan fingerprint density at radius 1 is 1.12 bits per heavy atom. The Kier molecular flexibility index (Phi) is 5.22. The molecular weight excluding hydrogens is 314 g/mol. The van der Waals surface area contributed by atoms with Crippen LogP contribution in [0.1, 0.15) is 36.8 Å². The number of nitrogens with zero attached hydrogens (tertiary/aromatic N) is 2. The van der Waals surface area contributed by atoms with Gasteiger partial charge in [0.25, 0.3) is 0 Å². The average Bonchev–Trinajstić information content (AvgIpc) is 3.27. The summed E-state index contributed by atoms with van der Waals surface area (Å²) in [5, 5.41) is 3.20. The molecule has 0 unspecified atom stereocenters. The number of carbonyl (C=O) groups excluding carboxylic acids is 1. The molecule has 2 aliphatic heterocycles. The van der Waals surface area contributed by atoms with Crippen molar-refractivity contribution in [1.82, 2.24) is 15.1 Å². The van der Waals surface area contributed by atoms with E-state index in [0.717, 1.165) is 64.3 Å². The number of hydrogen-bond acceptors (Lipinski definition) is 4. The zero-order valence-corrected chi connectivity index (χ0v) is 15.0. The number of rotatable bonds is 5. The smallest absolute Gasteiger partial charge is 0.234 e. The van der Waals surface area contributed by atoms with Gasteiger partial charge in [-0.2, -0.15) is 0 Å². The van der Waals surface area contributed by atoms with Crippen molar-refractivity contribution < 1.29 is 9.53 Å². The van der Waals surface area contributed by atoms with E-state index in [1.807, 2.05) is 0 Å². The van der Waals surface area contributed by atoms with Gasteiger partial charge in [0, 0.05) is 45.2 Å². The van der Waals surface area contributed by atoms with Crippen molar-refractivity contribution in [2.75, 3.05) is 39.3 Å². The summed E-state index contributed by atoms with van der Waals surface area (Å²) in [7, 11) is 0. The lowest BCUT2D eigenvalue weighted by molar-refractivity contribution is -0.123. The lowest BCUT2D eigenvalue weighted by atomic mass is 10.1. The van der Waals surface area contributed by atoms with Crippen molar-refractivity contribution >= 4 is 5.91 Å². The summed E-state index contributed by atoms with van der Waals surface area (Å²) in [6.45, 7) is 6.39. The molecule has 3 aliphatic rings. The second-order valence-electron chi connectivity index (χ2n) is 7.64. The molecule has 1 N–H and O–H groups in total. The number of piperazine rings is 1. The summed E-state index contributed by atoms with van der Waals surface area (Å²) >= 11 is 0. The van der Waals surface area contributed by atoms with E-state index in [1.54, 1.807) is 0 Å². The monoisotopic (exact) mass is 343 g/mol. The maximum Gasteiger partial charge on any atom is 0.234 e. The maximum atomic E-state index is 12.2. The summed E-state index contributed by atoms with van der Waals surface area (Å²) in [4.78, 5) is 16.9. The lowest BCUT2D eigenvalue weighted by Gasteiger charge is -2.34. The Morgan fingerprint density at radius 3 is 2.68 bits per heavy atom. The zero-order chi connectivity index (χ0) is 17.1. The highest BCUT2D eigenvalue weighted by molar-refractivity contribution is 5.78. The molecule has 0 aromatic heterocycles. The average molecular weight is 343 g/mol. The molecule has 1 saturated carbocycles. The molecule has 1 aromatic carbocycles. The Labute approximate surface area is 150 Å². The van der Waals surface area contributed by atoms with Crippen LogP contribution in [-0.4, -0.2) is 61.1 Å². The minimum absolute atomic E-state index is 0.207. The van der Waals surface area contributed by atoms with Crippen LogP contribution in [0.15, 0.2) is 18.2 Å². The number of carbonyl (C=O) groups is 1. The Bertz CT molecular complexity index is 605. The molecule has 0 bridgehead atoms. The van der Waals surface area contributed by atoms with E-state index in [2.05, 4.69) is 33.3 Å². The van der Waals surface area contributed by atoms with Gasteiger partial charge >= 0.3 is 0 Å². The van der Waals surface area contributed by atoms with Gasteiger partial charge in [-0.1, -0.05) is 25.0 Å². The van der Waals surface area contributed by atoms with Gasteiger partial charge in [-0.3, -0.25) is 14.6 Å². The number of nitrogens with one attached hydrogen (secondary N) is 1. The second kappa shape index (κ2) is 7.75. The SMILES string of the molecule is O=C(CN1CCN(Cc2ccc3c(c2)CCO3)CC1)NC1CCCC1. The number of benzene rings is 1. The molecule has 1 amide bonds. The third kappa shape index (κ3) is 4.33. The number of ether oxygens (including phenoxy) is 1. The van der Waals surface area contributed by atoms with Gasteiger partial charge in [0.1, 0.15) is 5.75 Å². The second-order valence-corrected chi connectivity index (χ2v) is 7.64. The molecule has 1 aliphatic carbocycles. The summed E-state index contributed by atoms with van der Waals surface area (Å²) in [6, 6.07) is 7.02. The Hall–Kier alpha value is -1.59. The van der Waals surface area contributed by atoms with Gasteiger partial charge in [-0.05, 0) is 30.0 Å². The predicted molar refractivity (Wildman–Crippen MR) is 97.8 cm³/mol. The fourth-order valence-electron chi connectivity index (χ4n) is 4.25. The topological polar surface area (TPSA) is 44.8 Å². The first-order chi connectivity index (χ1) is 12.3. The van der Waals surface area contributed by atoms with E-state index < -0.39 is 0 Å². The van der Waals surface area contributed by atoms with Crippen molar-refractivity contribution in [3.63, 3.8) is 0 Å². The largest absolute Gasteiger partial charge is 0.493 e. The summed E-state index contributed by atoms with van der Waals surface area (Å²) in [5.41, 5.74) is 2.72. The summed E-state index contributed by atoms with van der Waals surface area (Å²) in [6.07, 6.45) is 5.88. The first-order valence-electron chi connectivity index (χ1n) is 9.75. The Morgan fingerprint density at radius 2 is 1.88 bits per heavy atom. The predicted octanol–water partition coefficient (Wildman–Crippen LogP) is 1.80. The highest BCUT2D eigenvalue weighted by Crippen LogP contribution is 2.26. The van der Waals surface area contributed by atoms with E-state index in [0.29, 0.717) is 12.6 Å². The molecule has 5 heteroatoms. The maximum absolute atomic E-state index is 12.2.